The van der Waals surface area contributed by atoms with Gasteiger partial charge in [0.05, 0.1) is 18.7 Å². The molecule has 1 fully saturated rings. The molecule has 0 radical (unpaired) electrons. The number of hydrogen-bond acceptors (Lipinski definition) is 3. The van der Waals surface area contributed by atoms with Gasteiger partial charge in [-0.05, 0) is 12.5 Å². The Balaban J connectivity index is 2.28. The third-order valence-corrected chi connectivity index (χ3v) is 2.06. The Morgan fingerprint density at radius 1 is 1.53 bits per heavy atom. The van der Waals surface area contributed by atoms with Crippen molar-refractivity contribution in [1.82, 2.24) is 10.0 Å². The van der Waals surface area contributed by atoms with Gasteiger partial charge in [0.1, 0.15) is 0 Å². The second-order valence-corrected chi connectivity index (χ2v) is 3.06. The van der Waals surface area contributed by atoms with E-state index in [1.54, 1.807) is 0 Å². The van der Waals surface area contributed by atoms with Crippen LogP contribution < -0.4 is 0 Å². The lowest BCUT2D eigenvalue weighted by Crippen LogP contribution is -2.27. The maximum Gasteiger partial charge on any atom is 0.280 e. The van der Waals surface area contributed by atoms with Crippen molar-refractivity contribution in [3.8, 4) is 0 Å². The van der Waals surface area contributed by atoms with Crippen molar-refractivity contribution in [3.05, 3.63) is 29.6 Å². The van der Waals surface area contributed by atoms with Gasteiger partial charge < -0.3 is 0 Å². The van der Waals surface area contributed by atoms with E-state index < -0.39 is 17.7 Å². The summed E-state index contributed by atoms with van der Waals surface area (Å²) in [5.74, 6) is -3.19. The molecule has 0 aliphatic carbocycles. The number of pyridine rings is 1. The van der Waals surface area contributed by atoms with E-state index in [1.807, 2.05) is 0 Å². The monoisotopic (exact) mass is 214 g/mol. The van der Waals surface area contributed by atoms with Gasteiger partial charge in [-0.1, -0.05) is 0 Å². The fourth-order valence-electron chi connectivity index (χ4n) is 1.33. The average Bonchev–Trinajstić information content (AvgIpc) is 2.74. The van der Waals surface area contributed by atoms with Gasteiger partial charge in [-0.25, -0.2) is 14.4 Å². The number of amides is 1. The summed E-state index contributed by atoms with van der Waals surface area (Å²) in [6.07, 6.45) is 1.74. The SMILES string of the molecule is O=C(c1ccnc(F)c1F)N1CCCO1. The minimum Gasteiger partial charge on any atom is -0.271 e. The van der Waals surface area contributed by atoms with E-state index in [0.29, 0.717) is 19.6 Å². The lowest BCUT2D eigenvalue weighted by molar-refractivity contribution is -0.0771. The van der Waals surface area contributed by atoms with E-state index in [9.17, 15) is 13.6 Å². The summed E-state index contributed by atoms with van der Waals surface area (Å²) >= 11 is 0. The van der Waals surface area contributed by atoms with Gasteiger partial charge in [-0.3, -0.25) is 9.63 Å². The van der Waals surface area contributed by atoms with Gasteiger partial charge in [-0.15, -0.1) is 0 Å². The molecule has 0 bridgehead atoms. The number of halogens is 2. The maximum atomic E-state index is 13.2. The zero-order valence-electron chi connectivity index (χ0n) is 7.74. The largest absolute Gasteiger partial charge is 0.280 e. The van der Waals surface area contributed by atoms with Crippen molar-refractivity contribution in [2.45, 2.75) is 6.42 Å². The molecule has 0 aromatic carbocycles. The Hall–Kier alpha value is -1.56. The predicted octanol–water partition coefficient (Wildman–Crippen LogP) is 1.14. The Kier molecular flexibility index (Phi) is 2.59. The summed E-state index contributed by atoms with van der Waals surface area (Å²) in [5, 5.41) is 1.03. The molecule has 0 N–H and O–H groups in total. The number of nitrogens with zero attached hydrogens (tertiary/aromatic N) is 2. The molecule has 80 valence electrons. The molecule has 1 saturated heterocycles. The Morgan fingerprint density at radius 2 is 2.33 bits per heavy atom. The standard InChI is InChI=1S/C9H8F2N2O2/c10-7-6(2-3-12-8(7)11)9(14)13-4-1-5-15-13/h2-3H,1,4-5H2. The van der Waals surface area contributed by atoms with E-state index in [0.717, 1.165) is 17.3 Å². The van der Waals surface area contributed by atoms with E-state index in [2.05, 4.69) is 4.98 Å². The molecule has 1 amide bonds. The van der Waals surface area contributed by atoms with Crippen LogP contribution in [0.1, 0.15) is 16.8 Å². The first-order valence-corrected chi connectivity index (χ1v) is 4.45. The van der Waals surface area contributed by atoms with Crippen LogP contribution in [-0.4, -0.2) is 29.1 Å². The summed E-state index contributed by atoms with van der Waals surface area (Å²) in [6.45, 7) is 0.809. The summed E-state index contributed by atoms with van der Waals surface area (Å²) < 4.78 is 25.9. The highest BCUT2D eigenvalue weighted by atomic mass is 19.2. The zero-order chi connectivity index (χ0) is 10.8. The van der Waals surface area contributed by atoms with Crippen molar-refractivity contribution in [2.24, 2.45) is 0 Å². The van der Waals surface area contributed by atoms with Crippen LogP contribution in [0.4, 0.5) is 8.78 Å². The predicted molar refractivity (Wildman–Crippen MR) is 45.8 cm³/mol. The van der Waals surface area contributed by atoms with E-state index >= 15 is 0 Å². The molecule has 2 rings (SSSR count). The minimum absolute atomic E-state index is 0.357. The Morgan fingerprint density at radius 3 is 3.00 bits per heavy atom. The first-order valence-electron chi connectivity index (χ1n) is 4.45. The van der Waals surface area contributed by atoms with Crippen molar-refractivity contribution in [1.29, 1.82) is 0 Å². The molecule has 1 aliphatic heterocycles. The third kappa shape index (κ3) is 1.80. The Bertz CT molecular complexity index is 392. The maximum absolute atomic E-state index is 13.2. The van der Waals surface area contributed by atoms with E-state index in [1.165, 1.54) is 0 Å². The number of hydroxylamine groups is 2. The molecule has 0 saturated carbocycles. The van der Waals surface area contributed by atoms with Crippen molar-refractivity contribution in [3.63, 3.8) is 0 Å². The van der Waals surface area contributed by atoms with E-state index in [4.69, 9.17) is 4.84 Å². The number of hydrogen-bond donors (Lipinski definition) is 0. The summed E-state index contributed by atoms with van der Waals surface area (Å²) in [6, 6.07) is 1.13. The van der Waals surface area contributed by atoms with Crippen LogP contribution in [-0.2, 0) is 4.84 Å². The average molecular weight is 214 g/mol. The summed E-state index contributed by atoms with van der Waals surface area (Å²) in [5.41, 5.74) is -0.357. The first kappa shape index (κ1) is 9.97. The van der Waals surface area contributed by atoms with Crippen molar-refractivity contribution >= 4 is 5.91 Å². The van der Waals surface area contributed by atoms with Crippen LogP contribution in [0.25, 0.3) is 0 Å². The molecule has 1 aliphatic rings. The molecule has 15 heavy (non-hydrogen) atoms. The van der Waals surface area contributed by atoms with Crippen LogP contribution in [0.15, 0.2) is 12.3 Å². The molecule has 1 aromatic heterocycles. The summed E-state index contributed by atoms with van der Waals surface area (Å²) in [7, 11) is 0. The second-order valence-electron chi connectivity index (χ2n) is 3.06. The number of aromatic nitrogens is 1. The van der Waals surface area contributed by atoms with Gasteiger partial charge in [-0.2, -0.15) is 4.39 Å². The molecular weight excluding hydrogens is 206 g/mol. The molecule has 0 spiro atoms. The van der Waals surface area contributed by atoms with Crippen molar-refractivity contribution in [2.75, 3.05) is 13.2 Å². The topological polar surface area (TPSA) is 42.4 Å². The van der Waals surface area contributed by atoms with Gasteiger partial charge in [0, 0.05) is 6.20 Å². The molecule has 4 nitrogen and oxygen atoms in total. The van der Waals surface area contributed by atoms with Crippen molar-refractivity contribution < 1.29 is 18.4 Å². The number of carbonyl (C=O) groups excluding carboxylic acids is 1. The van der Waals surface area contributed by atoms with Crippen LogP contribution in [0.5, 0.6) is 0 Å². The smallest absolute Gasteiger partial charge is 0.271 e. The normalized spacial score (nSPS) is 15.7. The highest BCUT2D eigenvalue weighted by Gasteiger charge is 2.25. The Labute approximate surface area is 84.4 Å². The highest BCUT2D eigenvalue weighted by Crippen LogP contribution is 2.14. The van der Waals surface area contributed by atoms with E-state index in [-0.39, 0.29) is 5.56 Å². The highest BCUT2D eigenvalue weighted by molar-refractivity contribution is 5.93. The molecule has 6 heteroatoms. The molecule has 0 unspecified atom stereocenters. The first-order chi connectivity index (χ1) is 7.20. The molecule has 2 heterocycles. The van der Waals surface area contributed by atoms with Crippen LogP contribution in [0.3, 0.4) is 0 Å². The minimum atomic E-state index is -1.28. The number of carbonyl (C=O) groups is 1. The third-order valence-electron chi connectivity index (χ3n) is 2.06. The van der Waals surface area contributed by atoms with Crippen LogP contribution in [0.2, 0.25) is 0 Å². The lowest BCUT2D eigenvalue weighted by Gasteiger charge is -2.13. The molecule has 0 atom stereocenters. The molecular formula is C9H8F2N2O2. The second kappa shape index (κ2) is 3.90. The van der Waals surface area contributed by atoms with Gasteiger partial charge in [0.25, 0.3) is 5.91 Å². The van der Waals surface area contributed by atoms with Gasteiger partial charge >= 0.3 is 0 Å². The fourth-order valence-corrected chi connectivity index (χ4v) is 1.33. The number of rotatable bonds is 1. The lowest BCUT2D eigenvalue weighted by atomic mass is 10.2. The summed E-state index contributed by atoms with van der Waals surface area (Å²) in [4.78, 5) is 19.6. The van der Waals surface area contributed by atoms with Crippen LogP contribution in [0, 0.1) is 11.8 Å². The molecule has 1 aromatic rings. The zero-order valence-corrected chi connectivity index (χ0v) is 7.74. The van der Waals surface area contributed by atoms with Crippen LogP contribution >= 0.6 is 0 Å². The van der Waals surface area contributed by atoms with Gasteiger partial charge in [0.15, 0.2) is 5.82 Å². The van der Waals surface area contributed by atoms with Gasteiger partial charge in [0.2, 0.25) is 5.95 Å². The quantitative estimate of drug-likeness (QED) is 0.658. The fraction of sp³-hybridized carbons (Fsp3) is 0.333.